The third-order valence-corrected chi connectivity index (χ3v) is 4.14. The Bertz CT molecular complexity index is 960. The van der Waals surface area contributed by atoms with Gasteiger partial charge in [0, 0.05) is 35.9 Å². The molecule has 7 nitrogen and oxygen atoms in total. The van der Waals surface area contributed by atoms with Crippen molar-refractivity contribution in [3.05, 3.63) is 78.1 Å². The smallest absolute Gasteiger partial charge is 0.305 e. The number of hydrogen-bond acceptors (Lipinski definition) is 5. The van der Waals surface area contributed by atoms with Crippen LogP contribution in [0, 0.1) is 6.92 Å². The van der Waals surface area contributed by atoms with E-state index in [1.165, 1.54) is 12.5 Å². The van der Waals surface area contributed by atoms with Gasteiger partial charge in [-0.2, -0.15) is 0 Å². The molecule has 136 valence electrons. The van der Waals surface area contributed by atoms with Crippen molar-refractivity contribution in [1.29, 1.82) is 0 Å². The predicted molar refractivity (Wildman–Crippen MR) is 98.9 cm³/mol. The highest BCUT2D eigenvalue weighted by atomic mass is 16.4. The van der Waals surface area contributed by atoms with Gasteiger partial charge in [-0.25, -0.2) is 9.97 Å². The van der Waals surface area contributed by atoms with Gasteiger partial charge in [0.25, 0.3) is 5.91 Å². The zero-order valence-electron chi connectivity index (χ0n) is 14.7. The molecule has 2 heterocycles. The topological polar surface area (TPSA) is 105 Å². The first-order chi connectivity index (χ1) is 13.0. The average molecular weight is 362 g/mol. The van der Waals surface area contributed by atoms with Crippen LogP contribution >= 0.6 is 0 Å². The first kappa shape index (κ1) is 18.2. The number of nitrogens with zero attached hydrogens (tertiary/aromatic N) is 3. The van der Waals surface area contributed by atoms with Gasteiger partial charge in [-0.3, -0.25) is 14.6 Å². The normalized spacial score (nSPS) is 11.6. The van der Waals surface area contributed by atoms with Crippen LogP contribution in [-0.2, 0) is 4.79 Å². The number of aryl methyl sites for hydroxylation is 1. The van der Waals surface area contributed by atoms with Crippen LogP contribution in [0.1, 0.15) is 33.9 Å². The molecule has 0 aliphatic carbocycles. The lowest BCUT2D eigenvalue weighted by Gasteiger charge is -2.19. The van der Waals surface area contributed by atoms with Crippen molar-refractivity contribution in [3.8, 4) is 11.1 Å². The molecule has 0 saturated carbocycles. The number of carboxylic acids is 1. The van der Waals surface area contributed by atoms with Crippen LogP contribution in [0.4, 0.5) is 0 Å². The molecule has 0 aliphatic rings. The molecule has 3 aromatic rings. The van der Waals surface area contributed by atoms with Crippen LogP contribution in [0.15, 0.2) is 61.4 Å². The highest BCUT2D eigenvalue weighted by Crippen LogP contribution is 2.22. The fourth-order valence-electron chi connectivity index (χ4n) is 2.80. The number of hydrogen-bond donors (Lipinski definition) is 2. The zero-order chi connectivity index (χ0) is 19.2. The second-order valence-electron chi connectivity index (χ2n) is 6.07. The maximum Gasteiger partial charge on any atom is 0.305 e. The first-order valence-corrected chi connectivity index (χ1v) is 8.33. The van der Waals surface area contributed by atoms with Crippen LogP contribution in [0.3, 0.4) is 0 Å². The minimum atomic E-state index is -0.989. The van der Waals surface area contributed by atoms with Crippen LogP contribution in [0.25, 0.3) is 11.1 Å². The molecule has 1 amide bonds. The molecule has 7 heteroatoms. The molecule has 0 unspecified atom stereocenters. The Morgan fingerprint density at radius 1 is 1.04 bits per heavy atom. The Balaban J connectivity index is 1.86. The van der Waals surface area contributed by atoms with Crippen LogP contribution in [-0.4, -0.2) is 31.9 Å². The van der Waals surface area contributed by atoms with Gasteiger partial charge in [-0.15, -0.1) is 0 Å². The molecule has 2 N–H and O–H groups in total. The number of aliphatic carboxylic acids is 1. The maximum absolute atomic E-state index is 12.7. The van der Waals surface area contributed by atoms with Gasteiger partial charge in [0.05, 0.1) is 18.0 Å². The molecule has 3 rings (SSSR count). The van der Waals surface area contributed by atoms with Gasteiger partial charge in [0.2, 0.25) is 0 Å². The molecule has 2 aromatic heterocycles. The molecule has 0 saturated heterocycles. The van der Waals surface area contributed by atoms with Crippen molar-refractivity contribution in [1.82, 2.24) is 20.3 Å². The minimum absolute atomic E-state index is 0.212. The number of pyridine rings is 1. The molecule has 27 heavy (non-hydrogen) atoms. The Hall–Kier alpha value is -3.61. The first-order valence-electron chi connectivity index (χ1n) is 8.33. The minimum Gasteiger partial charge on any atom is -0.481 e. The molecule has 0 bridgehead atoms. The lowest BCUT2D eigenvalue weighted by molar-refractivity contribution is -0.137. The molecular weight excluding hydrogens is 344 g/mol. The highest BCUT2D eigenvalue weighted by Gasteiger charge is 2.20. The summed E-state index contributed by atoms with van der Waals surface area (Å²) < 4.78 is 0. The Morgan fingerprint density at radius 3 is 2.44 bits per heavy atom. The van der Waals surface area contributed by atoms with E-state index >= 15 is 0 Å². The van der Waals surface area contributed by atoms with E-state index < -0.39 is 17.9 Å². The number of aromatic nitrogens is 3. The van der Waals surface area contributed by atoms with E-state index in [-0.39, 0.29) is 6.42 Å². The van der Waals surface area contributed by atoms with Crippen LogP contribution in [0.2, 0.25) is 0 Å². The van der Waals surface area contributed by atoms with Crippen molar-refractivity contribution in [2.75, 3.05) is 0 Å². The molecule has 1 aromatic carbocycles. The van der Waals surface area contributed by atoms with Crippen LogP contribution < -0.4 is 5.32 Å². The van der Waals surface area contributed by atoms with Gasteiger partial charge in [-0.1, -0.05) is 24.3 Å². The lowest BCUT2D eigenvalue weighted by Crippen LogP contribution is -2.30. The quantitative estimate of drug-likeness (QED) is 0.698. The summed E-state index contributed by atoms with van der Waals surface area (Å²) in [4.78, 5) is 36.0. The van der Waals surface area contributed by atoms with Crippen molar-refractivity contribution >= 4 is 11.9 Å². The van der Waals surface area contributed by atoms with Gasteiger partial charge < -0.3 is 10.4 Å². The second kappa shape index (κ2) is 8.18. The van der Waals surface area contributed by atoms with Crippen molar-refractivity contribution in [2.45, 2.75) is 19.4 Å². The second-order valence-corrected chi connectivity index (χ2v) is 6.07. The zero-order valence-corrected chi connectivity index (χ0v) is 14.7. The van der Waals surface area contributed by atoms with E-state index in [1.54, 1.807) is 24.7 Å². The van der Waals surface area contributed by atoms with Gasteiger partial charge in [0.1, 0.15) is 6.33 Å². The van der Waals surface area contributed by atoms with Gasteiger partial charge in [0.15, 0.2) is 0 Å². The average Bonchev–Trinajstić information content (AvgIpc) is 2.68. The number of carbonyl (C=O) groups excluding carboxylic acids is 1. The van der Waals surface area contributed by atoms with Gasteiger partial charge in [-0.05, 0) is 24.1 Å². The Kier molecular flexibility index (Phi) is 5.51. The van der Waals surface area contributed by atoms with E-state index in [4.69, 9.17) is 0 Å². The molecule has 1 atom stereocenters. The van der Waals surface area contributed by atoms with E-state index in [2.05, 4.69) is 20.3 Å². The third-order valence-electron chi connectivity index (χ3n) is 4.14. The number of carbonyl (C=O) groups is 2. The third kappa shape index (κ3) is 4.52. The van der Waals surface area contributed by atoms with Crippen LogP contribution in [0.5, 0.6) is 0 Å². The van der Waals surface area contributed by atoms with Crippen molar-refractivity contribution < 1.29 is 14.7 Å². The number of rotatable bonds is 6. The Morgan fingerprint density at radius 2 is 1.74 bits per heavy atom. The Labute approximate surface area is 156 Å². The monoisotopic (exact) mass is 362 g/mol. The summed E-state index contributed by atoms with van der Waals surface area (Å²) in [6, 6.07) is 8.43. The number of benzene rings is 1. The van der Waals surface area contributed by atoms with Crippen molar-refractivity contribution in [3.63, 3.8) is 0 Å². The largest absolute Gasteiger partial charge is 0.481 e. The van der Waals surface area contributed by atoms with Gasteiger partial charge >= 0.3 is 5.97 Å². The maximum atomic E-state index is 12.7. The molecule has 0 fully saturated rings. The fraction of sp³-hybridized carbons (Fsp3) is 0.150. The summed E-state index contributed by atoms with van der Waals surface area (Å²) in [7, 11) is 0. The van der Waals surface area contributed by atoms with E-state index in [1.807, 2.05) is 31.2 Å². The van der Waals surface area contributed by atoms with E-state index in [0.717, 1.165) is 16.7 Å². The van der Waals surface area contributed by atoms with E-state index in [0.29, 0.717) is 11.1 Å². The summed E-state index contributed by atoms with van der Waals surface area (Å²) >= 11 is 0. The number of nitrogens with one attached hydrogen (secondary N) is 1. The lowest BCUT2D eigenvalue weighted by atomic mass is 9.98. The molecule has 0 aliphatic heterocycles. The highest BCUT2D eigenvalue weighted by molar-refractivity contribution is 5.95. The fourth-order valence-corrected chi connectivity index (χ4v) is 2.80. The number of carboxylic acid groups (broad SMARTS) is 1. The number of amides is 1. The molecule has 0 radical (unpaired) electrons. The molecule has 0 spiro atoms. The van der Waals surface area contributed by atoms with E-state index in [9.17, 15) is 14.7 Å². The summed E-state index contributed by atoms with van der Waals surface area (Å²) in [5.74, 6) is -1.38. The summed E-state index contributed by atoms with van der Waals surface area (Å²) in [6.45, 7) is 1.88. The summed E-state index contributed by atoms with van der Waals surface area (Å²) in [6.07, 6.45) is 7.53. The summed E-state index contributed by atoms with van der Waals surface area (Å²) in [5, 5.41) is 12.0. The molecular formula is C20H18N4O3. The summed E-state index contributed by atoms with van der Waals surface area (Å²) in [5.41, 5.74) is 3.46. The SMILES string of the molecule is Cc1ccccc1[C@H](CC(=O)O)NC(=O)c1cncc(-c2cncnc2)c1. The van der Waals surface area contributed by atoms with Crippen molar-refractivity contribution in [2.24, 2.45) is 0 Å². The standard InChI is InChI=1S/C20H18N4O3/c1-13-4-2-3-5-17(13)18(7-19(25)26)24-20(27)15-6-14(8-21-9-15)16-10-22-12-23-11-16/h2-6,8-12,18H,7H2,1H3,(H,24,27)(H,25,26)/t18-/m0/s1. The predicted octanol–water partition coefficient (Wildman–Crippen LogP) is 2.79.